The second kappa shape index (κ2) is 7.72. The van der Waals surface area contributed by atoms with E-state index in [4.69, 9.17) is 4.42 Å². The maximum Gasteiger partial charge on any atom is 0.291 e. The third-order valence-corrected chi connectivity index (χ3v) is 6.06. The highest BCUT2D eigenvalue weighted by Crippen LogP contribution is 2.38. The maximum absolute atomic E-state index is 12.9. The number of aryl methyl sites for hydroxylation is 1. The van der Waals surface area contributed by atoms with E-state index in [0.717, 1.165) is 10.5 Å². The van der Waals surface area contributed by atoms with Crippen molar-refractivity contribution in [3.8, 4) is 0 Å². The summed E-state index contributed by atoms with van der Waals surface area (Å²) in [6, 6.07) is 7.51. The largest absolute Gasteiger partial charge is 0.455 e. The van der Waals surface area contributed by atoms with Crippen LogP contribution in [0.25, 0.3) is 0 Å². The average Bonchev–Trinajstić information content (AvgIpc) is 3.00. The Balaban J connectivity index is 1.54. The fourth-order valence-corrected chi connectivity index (χ4v) is 4.57. The van der Waals surface area contributed by atoms with E-state index >= 15 is 0 Å². The summed E-state index contributed by atoms with van der Waals surface area (Å²) in [4.78, 5) is 34.9. The van der Waals surface area contributed by atoms with Crippen LogP contribution >= 0.6 is 11.8 Å². The molecule has 7 heteroatoms. The Labute approximate surface area is 179 Å². The summed E-state index contributed by atoms with van der Waals surface area (Å²) in [5, 5.41) is 3.58. The van der Waals surface area contributed by atoms with E-state index in [1.165, 1.54) is 11.8 Å². The fourth-order valence-electron chi connectivity index (χ4n) is 3.76. The Bertz CT molecular complexity index is 1140. The van der Waals surface area contributed by atoms with Gasteiger partial charge in [-0.2, -0.15) is 0 Å². The van der Waals surface area contributed by atoms with E-state index < -0.39 is 0 Å². The van der Waals surface area contributed by atoms with E-state index in [9.17, 15) is 9.59 Å². The number of aromatic nitrogens is 2. The minimum absolute atomic E-state index is 0.0437. The van der Waals surface area contributed by atoms with Crippen LogP contribution < -0.4 is 5.32 Å². The van der Waals surface area contributed by atoms with Crippen LogP contribution in [0.3, 0.4) is 0 Å². The molecule has 30 heavy (non-hydrogen) atoms. The number of anilines is 1. The van der Waals surface area contributed by atoms with Gasteiger partial charge in [0.25, 0.3) is 5.91 Å². The molecule has 4 rings (SSSR count). The summed E-state index contributed by atoms with van der Waals surface area (Å²) in [5.74, 6) is 0.524. The number of amides is 1. The molecule has 1 aliphatic rings. The van der Waals surface area contributed by atoms with Crippen LogP contribution in [0.15, 0.2) is 51.1 Å². The van der Waals surface area contributed by atoms with Gasteiger partial charge in [-0.15, -0.1) is 0 Å². The zero-order valence-corrected chi connectivity index (χ0v) is 18.2. The van der Waals surface area contributed by atoms with Gasteiger partial charge in [-0.25, -0.2) is 9.97 Å². The van der Waals surface area contributed by atoms with Crippen LogP contribution in [0.2, 0.25) is 0 Å². The monoisotopic (exact) mass is 421 g/mol. The van der Waals surface area contributed by atoms with Gasteiger partial charge in [0.05, 0.1) is 5.56 Å². The molecule has 0 aliphatic heterocycles. The molecule has 0 atom stereocenters. The van der Waals surface area contributed by atoms with Crippen molar-refractivity contribution in [2.24, 2.45) is 5.41 Å². The van der Waals surface area contributed by atoms with E-state index in [1.54, 1.807) is 25.4 Å². The molecule has 6 nitrogen and oxygen atoms in total. The third kappa shape index (κ3) is 4.03. The minimum Gasteiger partial charge on any atom is -0.455 e. The second-order valence-corrected chi connectivity index (χ2v) is 9.40. The Morgan fingerprint density at radius 3 is 2.60 bits per heavy atom. The van der Waals surface area contributed by atoms with Crippen molar-refractivity contribution >= 4 is 29.1 Å². The normalized spacial score (nSPS) is 15.0. The van der Waals surface area contributed by atoms with Gasteiger partial charge in [-0.05, 0) is 60.9 Å². The van der Waals surface area contributed by atoms with Gasteiger partial charge in [-0.3, -0.25) is 9.59 Å². The fraction of sp³-hybridized carbons (Fsp3) is 0.304. The first-order valence-electron chi connectivity index (χ1n) is 9.76. The van der Waals surface area contributed by atoms with Gasteiger partial charge in [0.1, 0.15) is 5.76 Å². The molecule has 0 spiro atoms. The summed E-state index contributed by atoms with van der Waals surface area (Å²) in [7, 11) is 0. The van der Waals surface area contributed by atoms with Crippen LogP contribution in [-0.2, 0) is 6.42 Å². The molecule has 1 N–H and O–H groups in total. The molecule has 1 amide bonds. The maximum atomic E-state index is 12.9. The average molecular weight is 422 g/mol. The number of Topliss-reactive ketones (excluding diaryl/α,β-unsaturated/α-hetero) is 1. The number of hydrogen-bond donors (Lipinski definition) is 1. The molecular formula is C23H23N3O3S. The van der Waals surface area contributed by atoms with Crippen LogP contribution in [0, 0.1) is 19.3 Å². The predicted octanol–water partition coefficient (Wildman–Crippen LogP) is 5.25. The third-order valence-electron chi connectivity index (χ3n) is 5.18. The highest BCUT2D eigenvalue weighted by atomic mass is 32.2. The van der Waals surface area contributed by atoms with E-state index in [1.807, 2.05) is 39.0 Å². The lowest BCUT2D eigenvalue weighted by Gasteiger charge is -2.27. The zero-order valence-electron chi connectivity index (χ0n) is 17.4. The summed E-state index contributed by atoms with van der Waals surface area (Å²) >= 11 is 1.46. The minimum atomic E-state index is -0.345. The number of carbonyl (C=O) groups is 2. The molecule has 1 aliphatic carbocycles. The molecule has 0 radical (unpaired) electrons. The Morgan fingerprint density at radius 1 is 1.17 bits per heavy atom. The predicted molar refractivity (Wildman–Crippen MR) is 115 cm³/mol. The number of benzene rings is 1. The van der Waals surface area contributed by atoms with Gasteiger partial charge >= 0.3 is 0 Å². The first kappa shape index (κ1) is 20.3. The Hall–Kier alpha value is -2.93. The Morgan fingerprint density at radius 2 is 1.90 bits per heavy atom. The highest BCUT2D eigenvalue weighted by Gasteiger charge is 2.37. The number of nitrogens with zero attached hydrogens (tertiary/aromatic N) is 2. The SMILES string of the molecule is Cc1cc(Sc2ncccn2)ccc1NC(=O)c1oc2c(c1C)C(=O)CC(C)(C)C2. The van der Waals surface area contributed by atoms with Crippen LogP contribution in [-0.4, -0.2) is 21.7 Å². The zero-order chi connectivity index (χ0) is 21.5. The lowest BCUT2D eigenvalue weighted by Crippen LogP contribution is -2.26. The number of ketones is 1. The smallest absolute Gasteiger partial charge is 0.291 e. The number of furan rings is 1. The van der Waals surface area contributed by atoms with Gasteiger partial charge in [0, 0.05) is 41.4 Å². The van der Waals surface area contributed by atoms with Gasteiger partial charge in [0.2, 0.25) is 0 Å². The van der Waals surface area contributed by atoms with E-state index in [-0.39, 0.29) is 22.9 Å². The van der Waals surface area contributed by atoms with Crippen molar-refractivity contribution in [1.29, 1.82) is 0 Å². The van der Waals surface area contributed by atoms with Gasteiger partial charge in [-0.1, -0.05) is 13.8 Å². The standard InChI is InChI=1S/C23H23N3O3S/c1-13-10-15(30-22-24-8-5-9-25-22)6-7-16(13)26-21(28)20-14(2)19-17(27)11-23(3,4)12-18(19)29-20/h5-10H,11-12H2,1-4H3,(H,26,28). The first-order valence-corrected chi connectivity index (χ1v) is 10.6. The van der Waals surface area contributed by atoms with Crippen molar-refractivity contribution in [3.05, 3.63) is 64.9 Å². The summed E-state index contributed by atoms with van der Waals surface area (Å²) in [6.45, 7) is 7.78. The molecular weight excluding hydrogens is 398 g/mol. The number of hydrogen-bond acceptors (Lipinski definition) is 6. The number of rotatable bonds is 4. The lowest BCUT2D eigenvalue weighted by molar-refractivity contribution is 0.0898. The highest BCUT2D eigenvalue weighted by molar-refractivity contribution is 7.99. The first-order chi connectivity index (χ1) is 14.2. The molecule has 0 unspecified atom stereocenters. The molecule has 154 valence electrons. The van der Waals surface area contributed by atoms with Crippen LogP contribution in [0.1, 0.15) is 58.1 Å². The molecule has 0 bridgehead atoms. The van der Waals surface area contributed by atoms with Gasteiger partial charge < -0.3 is 9.73 Å². The number of carbonyl (C=O) groups excluding carboxylic acids is 2. The van der Waals surface area contributed by atoms with Gasteiger partial charge in [0.15, 0.2) is 16.7 Å². The van der Waals surface area contributed by atoms with Crippen molar-refractivity contribution in [1.82, 2.24) is 9.97 Å². The number of fused-ring (bicyclic) bond motifs is 1. The lowest BCUT2D eigenvalue weighted by atomic mass is 9.76. The quantitative estimate of drug-likeness (QED) is 0.580. The molecule has 2 heterocycles. The molecule has 0 fully saturated rings. The van der Waals surface area contributed by atoms with Crippen LogP contribution in [0.5, 0.6) is 0 Å². The topological polar surface area (TPSA) is 85.1 Å². The molecule has 1 aromatic carbocycles. The van der Waals surface area contributed by atoms with Crippen molar-refractivity contribution in [2.45, 2.75) is 50.6 Å². The second-order valence-electron chi connectivity index (χ2n) is 8.36. The van der Waals surface area contributed by atoms with E-state index in [0.29, 0.717) is 40.6 Å². The van der Waals surface area contributed by atoms with Crippen molar-refractivity contribution < 1.29 is 14.0 Å². The number of nitrogens with one attached hydrogen (secondary N) is 1. The summed E-state index contributed by atoms with van der Waals surface area (Å²) in [6.07, 6.45) is 4.52. The van der Waals surface area contributed by atoms with Crippen molar-refractivity contribution in [2.75, 3.05) is 5.32 Å². The molecule has 0 saturated carbocycles. The van der Waals surface area contributed by atoms with E-state index in [2.05, 4.69) is 15.3 Å². The Kier molecular flexibility index (Phi) is 5.24. The van der Waals surface area contributed by atoms with Crippen molar-refractivity contribution in [3.63, 3.8) is 0 Å². The molecule has 3 aromatic rings. The molecule has 0 saturated heterocycles. The summed E-state index contributed by atoms with van der Waals surface area (Å²) in [5.41, 5.74) is 2.64. The van der Waals surface area contributed by atoms with Crippen LogP contribution in [0.4, 0.5) is 5.69 Å². The summed E-state index contributed by atoms with van der Waals surface area (Å²) < 4.78 is 5.87. The molecule has 2 aromatic heterocycles.